The summed E-state index contributed by atoms with van der Waals surface area (Å²) in [6.07, 6.45) is -0.371. The van der Waals surface area contributed by atoms with Crippen LogP contribution in [0.5, 0.6) is 11.5 Å². The number of Topliss-reactive ketones (excluding diaryl/α,β-unsaturated/α-hetero) is 1. The molecule has 1 aliphatic rings. The van der Waals surface area contributed by atoms with Gasteiger partial charge in [-0.15, -0.1) is 0 Å². The lowest BCUT2D eigenvalue weighted by Gasteiger charge is -2.25. The standard InChI is InChI=1S/C21H19NO7/c1-29-15-11-13(7-8-14(15)23)18-17(19(26)12-5-3-2-4-6-12)20(27)21(28)22(18)10-9-16(24)25/h2-8,11,18,23,26H,9-10H2,1H3,(H,24,25)/b19-17+/t18-/m0/s1. The lowest BCUT2D eigenvalue weighted by atomic mass is 9.95. The van der Waals surface area contributed by atoms with Crippen molar-refractivity contribution in [1.82, 2.24) is 4.90 Å². The number of rotatable bonds is 6. The highest BCUT2D eigenvalue weighted by Gasteiger charge is 2.46. The van der Waals surface area contributed by atoms with Gasteiger partial charge in [0.25, 0.3) is 11.7 Å². The minimum Gasteiger partial charge on any atom is -0.507 e. The molecular formula is C21H19NO7. The first-order valence-electron chi connectivity index (χ1n) is 8.77. The van der Waals surface area contributed by atoms with Crippen LogP contribution in [0.4, 0.5) is 0 Å². The van der Waals surface area contributed by atoms with Gasteiger partial charge in [-0.3, -0.25) is 14.4 Å². The first-order valence-corrected chi connectivity index (χ1v) is 8.77. The molecule has 0 saturated carbocycles. The average molecular weight is 397 g/mol. The number of methoxy groups -OCH3 is 1. The Morgan fingerprint density at radius 2 is 1.79 bits per heavy atom. The van der Waals surface area contributed by atoms with E-state index in [1.165, 1.54) is 25.3 Å². The number of phenolic OH excluding ortho intramolecular Hbond substituents is 1. The molecule has 29 heavy (non-hydrogen) atoms. The number of carboxylic acid groups (broad SMARTS) is 1. The second-order valence-corrected chi connectivity index (χ2v) is 6.43. The Labute approximate surface area is 166 Å². The SMILES string of the molecule is COc1cc([C@H]2/C(=C(\O)c3ccccc3)C(=O)C(=O)N2CCC(=O)O)ccc1O. The van der Waals surface area contributed by atoms with Crippen molar-refractivity contribution in [2.75, 3.05) is 13.7 Å². The maximum Gasteiger partial charge on any atom is 0.305 e. The van der Waals surface area contributed by atoms with E-state index in [-0.39, 0.29) is 35.8 Å². The van der Waals surface area contributed by atoms with E-state index in [9.17, 15) is 24.6 Å². The number of hydrogen-bond acceptors (Lipinski definition) is 6. The molecule has 150 valence electrons. The molecule has 0 spiro atoms. The first-order chi connectivity index (χ1) is 13.8. The Morgan fingerprint density at radius 3 is 2.41 bits per heavy atom. The van der Waals surface area contributed by atoms with Gasteiger partial charge in [0.15, 0.2) is 11.5 Å². The molecule has 1 heterocycles. The van der Waals surface area contributed by atoms with Crippen LogP contribution in [0.3, 0.4) is 0 Å². The van der Waals surface area contributed by atoms with E-state index < -0.39 is 23.7 Å². The monoisotopic (exact) mass is 397 g/mol. The van der Waals surface area contributed by atoms with Gasteiger partial charge in [0.1, 0.15) is 5.76 Å². The summed E-state index contributed by atoms with van der Waals surface area (Å²) in [6.45, 7) is -0.223. The van der Waals surface area contributed by atoms with Crippen LogP contribution in [-0.2, 0) is 14.4 Å². The molecule has 0 radical (unpaired) electrons. The van der Waals surface area contributed by atoms with Gasteiger partial charge >= 0.3 is 5.97 Å². The predicted molar refractivity (Wildman–Crippen MR) is 102 cm³/mol. The maximum absolute atomic E-state index is 12.7. The number of phenols is 1. The Balaban J connectivity index is 2.18. The largest absolute Gasteiger partial charge is 0.507 e. The van der Waals surface area contributed by atoms with E-state index in [0.29, 0.717) is 11.1 Å². The molecule has 8 heteroatoms. The van der Waals surface area contributed by atoms with Gasteiger partial charge < -0.3 is 25.0 Å². The number of carbonyl (C=O) groups excluding carboxylic acids is 2. The molecule has 3 rings (SSSR count). The predicted octanol–water partition coefficient (Wildman–Crippen LogP) is 2.30. The van der Waals surface area contributed by atoms with Crippen molar-refractivity contribution in [3.63, 3.8) is 0 Å². The fourth-order valence-corrected chi connectivity index (χ4v) is 3.29. The number of aromatic hydroxyl groups is 1. The summed E-state index contributed by atoms with van der Waals surface area (Å²) in [5, 5.41) is 29.7. The van der Waals surface area contributed by atoms with Crippen LogP contribution in [-0.4, -0.2) is 51.5 Å². The van der Waals surface area contributed by atoms with Crippen LogP contribution in [0.15, 0.2) is 54.1 Å². The van der Waals surface area contributed by atoms with Gasteiger partial charge in [-0.1, -0.05) is 36.4 Å². The van der Waals surface area contributed by atoms with Crippen molar-refractivity contribution in [1.29, 1.82) is 0 Å². The quantitative estimate of drug-likeness (QED) is 0.388. The molecule has 2 aromatic rings. The smallest absolute Gasteiger partial charge is 0.305 e. The number of nitrogens with zero attached hydrogens (tertiary/aromatic N) is 1. The van der Waals surface area contributed by atoms with E-state index >= 15 is 0 Å². The lowest BCUT2D eigenvalue weighted by molar-refractivity contribution is -0.142. The van der Waals surface area contributed by atoms with Gasteiger partial charge in [-0.2, -0.15) is 0 Å². The highest BCUT2D eigenvalue weighted by atomic mass is 16.5. The Bertz CT molecular complexity index is 997. The number of hydrogen-bond donors (Lipinski definition) is 3. The van der Waals surface area contributed by atoms with Crippen molar-refractivity contribution in [3.8, 4) is 11.5 Å². The van der Waals surface area contributed by atoms with Crippen molar-refractivity contribution < 1.29 is 34.4 Å². The van der Waals surface area contributed by atoms with Crippen LogP contribution in [0, 0.1) is 0 Å². The molecule has 0 aliphatic carbocycles. The van der Waals surface area contributed by atoms with Crippen molar-refractivity contribution in [2.24, 2.45) is 0 Å². The minimum atomic E-state index is -1.13. The molecule has 1 saturated heterocycles. The molecule has 0 aromatic heterocycles. The Morgan fingerprint density at radius 1 is 1.10 bits per heavy atom. The molecule has 8 nitrogen and oxygen atoms in total. The third-order valence-electron chi connectivity index (χ3n) is 4.67. The summed E-state index contributed by atoms with van der Waals surface area (Å²) in [5.74, 6) is -3.32. The molecule has 1 aliphatic heterocycles. The van der Waals surface area contributed by atoms with Crippen LogP contribution >= 0.6 is 0 Å². The van der Waals surface area contributed by atoms with Crippen LogP contribution < -0.4 is 4.74 Å². The number of likely N-dealkylation sites (tertiary alicyclic amines) is 1. The van der Waals surface area contributed by atoms with Crippen LogP contribution in [0.2, 0.25) is 0 Å². The highest BCUT2D eigenvalue weighted by Crippen LogP contribution is 2.41. The van der Waals surface area contributed by atoms with Gasteiger partial charge in [-0.05, 0) is 17.7 Å². The van der Waals surface area contributed by atoms with Crippen molar-refractivity contribution in [2.45, 2.75) is 12.5 Å². The summed E-state index contributed by atoms with van der Waals surface area (Å²) in [6, 6.07) is 11.5. The second-order valence-electron chi connectivity index (χ2n) is 6.43. The third-order valence-corrected chi connectivity index (χ3v) is 4.67. The van der Waals surface area contributed by atoms with Crippen LogP contribution in [0.1, 0.15) is 23.6 Å². The average Bonchev–Trinajstić information content (AvgIpc) is 2.97. The molecule has 0 bridgehead atoms. The fraction of sp³-hybridized carbons (Fsp3) is 0.190. The van der Waals surface area contributed by atoms with E-state index in [1.54, 1.807) is 30.3 Å². The number of carboxylic acids is 1. The van der Waals surface area contributed by atoms with Crippen molar-refractivity contribution in [3.05, 3.63) is 65.2 Å². The molecule has 1 amide bonds. The number of aliphatic hydroxyl groups is 1. The number of benzene rings is 2. The molecular weight excluding hydrogens is 378 g/mol. The van der Waals surface area contributed by atoms with Crippen LogP contribution in [0.25, 0.3) is 5.76 Å². The fourth-order valence-electron chi connectivity index (χ4n) is 3.29. The van der Waals surface area contributed by atoms with Gasteiger partial charge in [0.05, 0.1) is 25.1 Å². The van der Waals surface area contributed by atoms with E-state index in [2.05, 4.69) is 0 Å². The highest BCUT2D eigenvalue weighted by molar-refractivity contribution is 6.46. The molecule has 0 unspecified atom stereocenters. The van der Waals surface area contributed by atoms with Crippen molar-refractivity contribution >= 4 is 23.4 Å². The normalized spacial score (nSPS) is 18.1. The maximum atomic E-state index is 12.7. The van der Waals surface area contributed by atoms with Gasteiger partial charge in [0.2, 0.25) is 0 Å². The number of aliphatic hydroxyl groups excluding tert-OH is 1. The minimum absolute atomic E-state index is 0.117. The summed E-state index contributed by atoms with van der Waals surface area (Å²) in [7, 11) is 1.35. The zero-order valence-corrected chi connectivity index (χ0v) is 15.5. The summed E-state index contributed by atoms with van der Waals surface area (Å²) in [5.41, 5.74) is 0.584. The van der Waals surface area contributed by atoms with E-state index in [4.69, 9.17) is 9.84 Å². The Kier molecular flexibility index (Phi) is 5.54. The summed E-state index contributed by atoms with van der Waals surface area (Å²) < 4.78 is 5.10. The summed E-state index contributed by atoms with van der Waals surface area (Å²) >= 11 is 0. The summed E-state index contributed by atoms with van der Waals surface area (Å²) in [4.78, 5) is 37.5. The van der Waals surface area contributed by atoms with E-state index in [0.717, 1.165) is 4.90 Å². The molecule has 2 aromatic carbocycles. The number of amides is 1. The van der Waals surface area contributed by atoms with Gasteiger partial charge in [-0.25, -0.2) is 0 Å². The topological polar surface area (TPSA) is 124 Å². The number of ketones is 1. The van der Waals surface area contributed by atoms with E-state index in [1.807, 2.05) is 0 Å². The third kappa shape index (κ3) is 3.77. The number of ether oxygens (including phenoxy) is 1. The van der Waals surface area contributed by atoms with Gasteiger partial charge in [0, 0.05) is 12.1 Å². The zero-order chi connectivity index (χ0) is 21.1. The number of carbonyl (C=O) groups is 3. The molecule has 1 fully saturated rings. The first kappa shape index (κ1) is 19.9. The number of aliphatic carboxylic acids is 1. The Hall–Kier alpha value is -3.81. The molecule has 3 N–H and O–H groups in total. The molecule has 1 atom stereocenters. The second kappa shape index (κ2) is 8.05. The lowest BCUT2D eigenvalue weighted by Crippen LogP contribution is -2.31. The zero-order valence-electron chi connectivity index (χ0n) is 15.5.